The molecule has 0 spiro atoms. The minimum atomic E-state index is -0.875. The number of rotatable bonds is 3. The number of hydrogen-bond donors (Lipinski definition) is 1. The summed E-state index contributed by atoms with van der Waals surface area (Å²) in [6.07, 6.45) is 2.32. The molecule has 2 aromatic rings. The highest BCUT2D eigenvalue weighted by atomic mass is 16.5. The first-order chi connectivity index (χ1) is 11.7. The molecule has 3 heterocycles. The van der Waals surface area contributed by atoms with Gasteiger partial charge in [0, 0.05) is 13.1 Å². The maximum absolute atomic E-state index is 9.68. The molecule has 4 rings (SSSR count). The van der Waals surface area contributed by atoms with E-state index in [4.69, 9.17) is 9.39 Å². The predicted molar refractivity (Wildman–Crippen MR) is 89.3 cm³/mol. The summed E-state index contributed by atoms with van der Waals surface area (Å²) >= 11 is 0. The fraction of sp³-hybridized carbons (Fsp3) is 0.294. The Balaban J connectivity index is 1.63. The Labute approximate surface area is 140 Å². The van der Waals surface area contributed by atoms with Crippen LogP contribution in [0, 0.1) is 11.3 Å². The van der Waals surface area contributed by atoms with E-state index in [9.17, 15) is 10.3 Å². The molecule has 1 saturated heterocycles. The second-order valence-corrected chi connectivity index (χ2v) is 5.95. The highest BCUT2D eigenvalue weighted by Gasteiger charge is 2.27. The van der Waals surface area contributed by atoms with Crippen LogP contribution in [0.25, 0.3) is 0 Å². The Morgan fingerprint density at radius 3 is 2.88 bits per heavy atom. The molecule has 1 N–H and O–H groups in total. The van der Waals surface area contributed by atoms with Crippen molar-refractivity contribution >= 4 is 18.4 Å². The molecule has 120 valence electrons. The van der Waals surface area contributed by atoms with Gasteiger partial charge in [0.05, 0.1) is 6.61 Å². The predicted octanol–water partition coefficient (Wildman–Crippen LogP) is 1.56. The van der Waals surface area contributed by atoms with E-state index in [2.05, 4.69) is 16.0 Å². The lowest BCUT2D eigenvalue weighted by Crippen LogP contribution is -2.27. The third-order valence-corrected chi connectivity index (χ3v) is 4.39. The zero-order chi connectivity index (χ0) is 16.5. The first-order valence-corrected chi connectivity index (χ1v) is 8.01. The number of hydrogen-bond acceptors (Lipinski definition) is 6. The molecule has 7 heteroatoms. The SMILES string of the molecule is N#Cc1ccc(N2CCCC2)nc1Oc1ccc2c(c1)COB2O. The van der Waals surface area contributed by atoms with Gasteiger partial charge in [0.15, 0.2) is 0 Å². The smallest absolute Gasteiger partial charge is 0.438 e. The van der Waals surface area contributed by atoms with Crippen LogP contribution < -0.4 is 15.1 Å². The Morgan fingerprint density at radius 2 is 2.08 bits per heavy atom. The van der Waals surface area contributed by atoms with Gasteiger partial charge in [-0.15, -0.1) is 0 Å². The molecular weight excluding hydrogens is 305 g/mol. The van der Waals surface area contributed by atoms with E-state index in [0.717, 1.165) is 42.8 Å². The summed E-state index contributed by atoms with van der Waals surface area (Å²) in [6.45, 7) is 2.30. The summed E-state index contributed by atoms with van der Waals surface area (Å²) in [5.74, 6) is 1.72. The number of nitrogens with zero attached hydrogens (tertiary/aromatic N) is 3. The zero-order valence-corrected chi connectivity index (χ0v) is 13.1. The Hall–Kier alpha value is -2.56. The van der Waals surface area contributed by atoms with Gasteiger partial charge in [0.1, 0.15) is 23.2 Å². The van der Waals surface area contributed by atoms with Gasteiger partial charge in [-0.2, -0.15) is 10.2 Å². The molecule has 2 aliphatic heterocycles. The van der Waals surface area contributed by atoms with E-state index >= 15 is 0 Å². The van der Waals surface area contributed by atoms with Crippen molar-refractivity contribution < 1.29 is 14.4 Å². The summed E-state index contributed by atoms with van der Waals surface area (Å²) in [5.41, 5.74) is 2.03. The van der Waals surface area contributed by atoms with Gasteiger partial charge in [-0.1, -0.05) is 6.07 Å². The number of anilines is 1. The molecule has 0 bridgehead atoms. The Kier molecular flexibility index (Phi) is 3.85. The summed E-state index contributed by atoms with van der Waals surface area (Å²) in [4.78, 5) is 6.73. The van der Waals surface area contributed by atoms with Crippen LogP contribution in [0.15, 0.2) is 30.3 Å². The molecule has 1 aromatic carbocycles. The van der Waals surface area contributed by atoms with Crippen molar-refractivity contribution in [3.8, 4) is 17.7 Å². The summed E-state index contributed by atoms with van der Waals surface area (Å²) in [5, 5.41) is 19.0. The van der Waals surface area contributed by atoms with Crippen molar-refractivity contribution in [2.45, 2.75) is 19.4 Å². The Morgan fingerprint density at radius 1 is 1.25 bits per heavy atom. The maximum atomic E-state index is 9.68. The second-order valence-electron chi connectivity index (χ2n) is 5.95. The third-order valence-electron chi connectivity index (χ3n) is 4.39. The lowest BCUT2D eigenvalue weighted by Gasteiger charge is -2.17. The van der Waals surface area contributed by atoms with E-state index in [1.807, 2.05) is 12.1 Å². The van der Waals surface area contributed by atoms with Crippen LogP contribution in [0.1, 0.15) is 24.0 Å². The van der Waals surface area contributed by atoms with Gasteiger partial charge >= 0.3 is 7.12 Å². The average Bonchev–Trinajstić information content (AvgIpc) is 3.25. The molecule has 0 saturated carbocycles. The van der Waals surface area contributed by atoms with E-state index in [1.165, 1.54) is 0 Å². The fourth-order valence-corrected chi connectivity index (χ4v) is 3.10. The first-order valence-electron chi connectivity index (χ1n) is 8.01. The average molecular weight is 321 g/mol. The molecule has 0 unspecified atom stereocenters. The van der Waals surface area contributed by atoms with Gasteiger partial charge in [0.25, 0.3) is 0 Å². The second kappa shape index (κ2) is 6.15. The summed E-state index contributed by atoms with van der Waals surface area (Å²) < 4.78 is 11.0. The van der Waals surface area contributed by atoms with Gasteiger partial charge < -0.3 is 19.3 Å². The van der Waals surface area contributed by atoms with Crippen molar-refractivity contribution in [1.82, 2.24) is 4.98 Å². The third kappa shape index (κ3) is 2.71. The standard InChI is InChI=1S/C17H16BN3O3/c19-10-12-3-6-16(21-7-1-2-8-21)20-17(12)24-14-4-5-15-13(9-14)11-23-18(15)22/h3-6,9,22H,1-2,7-8,11H2. The molecule has 24 heavy (non-hydrogen) atoms. The molecule has 0 amide bonds. The molecule has 6 nitrogen and oxygen atoms in total. The number of nitriles is 1. The minimum absolute atomic E-state index is 0.307. The van der Waals surface area contributed by atoms with Crippen molar-refractivity contribution in [3.05, 3.63) is 41.5 Å². The highest BCUT2D eigenvalue weighted by Crippen LogP contribution is 2.28. The van der Waals surface area contributed by atoms with Crippen LogP contribution in [-0.2, 0) is 11.3 Å². The molecule has 1 aromatic heterocycles. The zero-order valence-electron chi connectivity index (χ0n) is 13.1. The van der Waals surface area contributed by atoms with Gasteiger partial charge in [-0.3, -0.25) is 0 Å². The van der Waals surface area contributed by atoms with Crippen molar-refractivity contribution in [3.63, 3.8) is 0 Å². The molecule has 0 radical (unpaired) electrons. The van der Waals surface area contributed by atoms with Crippen LogP contribution >= 0.6 is 0 Å². The summed E-state index contributed by atoms with van der Waals surface area (Å²) in [7, 11) is -0.875. The van der Waals surface area contributed by atoms with Crippen molar-refractivity contribution in [2.75, 3.05) is 18.0 Å². The normalized spacial score (nSPS) is 16.2. The topological polar surface area (TPSA) is 78.6 Å². The number of ether oxygens (including phenoxy) is 1. The molecule has 0 atom stereocenters. The lowest BCUT2D eigenvalue weighted by atomic mass is 9.80. The van der Waals surface area contributed by atoms with E-state index in [0.29, 0.717) is 23.8 Å². The summed E-state index contributed by atoms with van der Waals surface area (Å²) in [6, 6.07) is 11.1. The quantitative estimate of drug-likeness (QED) is 0.865. The van der Waals surface area contributed by atoms with Crippen LogP contribution in [-0.4, -0.2) is 30.2 Å². The lowest BCUT2D eigenvalue weighted by molar-refractivity contribution is 0.275. The first kappa shape index (κ1) is 15.0. The fourth-order valence-electron chi connectivity index (χ4n) is 3.10. The number of benzene rings is 1. The minimum Gasteiger partial charge on any atom is -0.438 e. The largest absolute Gasteiger partial charge is 0.491 e. The van der Waals surface area contributed by atoms with Gasteiger partial charge in [-0.05, 0) is 48.1 Å². The van der Waals surface area contributed by atoms with Crippen LogP contribution in [0.2, 0.25) is 0 Å². The molecule has 0 aliphatic carbocycles. The van der Waals surface area contributed by atoms with E-state index in [-0.39, 0.29) is 0 Å². The van der Waals surface area contributed by atoms with Gasteiger partial charge in [-0.25, -0.2) is 0 Å². The number of fused-ring (bicyclic) bond motifs is 1. The monoisotopic (exact) mass is 321 g/mol. The molecule has 1 fully saturated rings. The number of aromatic nitrogens is 1. The van der Waals surface area contributed by atoms with Crippen LogP contribution in [0.5, 0.6) is 11.6 Å². The van der Waals surface area contributed by atoms with Crippen molar-refractivity contribution in [1.29, 1.82) is 5.26 Å². The van der Waals surface area contributed by atoms with Crippen molar-refractivity contribution in [2.24, 2.45) is 0 Å². The molecular formula is C17H16BN3O3. The van der Waals surface area contributed by atoms with E-state index < -0.39 is 7.12 Å². The number of pyridine rings is 1. The molecule has 2 aliphatic rings. The van der Waals surface area contributed by atoms with Gasteiger partial charge in [0.2, 0.25) is 5.88 Å². The van der Waals surface area contributed by atoms with Crippen LogP contribution in [0.4, 0.5) is 5.82 Å². The maximum Gasteiger partial charge on any atom is 0.491 e. The van der Waals surface area contributed by atoms with Crippen LogP contribution in [0.3, 0.4) is 0 Å². The highest BCUT2D eigenvalue weighted by molar-refractivity contribution is 6.61. The van der Waals surface area contributed by atoms with E-state index in [1.54, 1.807) is 18.2 Å². The Bertz CT molecular complexity index is 815.